The van der Waals surface area contributed by atoms with Crippen LogP contribution in [0.4, 0.5) is 4.79 Å². The van der Waals surface area contributed by atoms with E-state index < -0.39 is 41.8 Å². The van der Waals surface area contributed by atoms with Crippen LogP contribution in [0.5, 0.6) is 0 Å². The molecule has 0 bridgehead atoms. The van der Waals surface area contributed by atoms with Crippen LogP contribution in [0.25, 0.3) is 0 Å². The molecule has 2 fully saturated rings. The molecular weight excluding hydrogens is 560 g/mol. The molecule has 2 aliphatic carbocycles. The van der Waals surface area contributed by atoms with E-state index in [2.05, 4.69) is 53.6 Å². The molecule has 0 aromatic heterocycles. The number of allylic oxidation sites excluding steroid dienone is 1. The molecule has 11 heteroatoms. The third-order valence-electron chi connectivity index (χ3n) is 9.45. The van der Waals surface area contributed by atoms with Gasteiger partial charge in [-0.1, -0.05) is 50.3 Å². The lowest BCUT2D eigenvalue weighted by Gasteiger charge is -2.35. The second-order valence-corrected chi connectivity index (χ2v) is 12.6. The van der Waals surface area contributed by atoms with Crippen LogP contribution in [0.2, 0.25) is 0 Å². The van der Waals surface area contributed by atoms with Crippen molar-refractivity contribution in [2.75, 3.05) is 33.2 Å². The Hall–Kier alpha value is -3.99. The summed E-state index contributed by atoms with van der Waals surface area (Å²) >= 11 is 0. The number of likely N-dealkylation sites (tertiary alicyclic amines) is 1. The third kappa shape index (κ3) is 7.04. The fourth-order valence-corrected chi connectivity index (χ4v) is 6.92. The van der Waals surface area contributed by atoms with Crippen molar-refractivity contribution in [3.63, 3.8) is 0 Å². The molecule has 5 atom stereocenters. The first kappa shape index (κ1) is 32.9. The molecule has 1 aromatic rings. The molecule has 5 N–H and O–H groups in total. The van der Waals surface area contributed by atoms with Gasteiger partial charge in [0.15, 0.2) is 0 Å². The number of urea groups is 1. The zero-order valence-electron chi connectivity index (χ0n) is 26.0. The minimum Gasteiger partial charge on any atom is -0.346 e. The summed E-state index contributed by atoms with van der Waals surface area (Å²) in [4.78, 5) is 68.4. The number of Topliss-reactive ketones (excluding diaryl/α,β-unsaturated/α-hetero) is 1. The Morgan fingerprint density at radius 1 is 1.00 bits per heavy atom. The van der Waals surface area contributed by atoms with E-state index >= 15 is 0 Å². The van der Waals surface area contributed by atoms with Crippen LogP contribution in [0.1, 0.15) is 37.8 Å². The van der Waals surface area contributed by atoms with Crippen molar-refractivity contribution in [1.82, 2.24) is 31.5 Å². The first-order valence-electron chi connectivity index (χ1n) is 15.5. The first-order valence-corrected chi connectivity index (χ1v) is 15.5. The number of benzene rings is 1. The number of piperidine rings is 1. The average Bonchev–Trinajstić information content (AvgIpc) is 3.37. The molecular formula is C33H46N6O5. The Kier molecular flexibility index (Phi) is 10.6. The van der Waals surface area contributed by atoms with Gasteiger partial charge in [0.1, 0.15) is 12.1 Å². The molecule has 1 heterocycles. The van der Waals surface area contributed by atoms with Crippen molar-refractivity contribution < 1.29 is 24.0 Å². The fraction of sp³-hybridized carbons (Fsp3) is 0.545. The molecule has 1 saturated heterocycles. The van der Waals surface area contributed by atoms with Gasteiger partial charge in [0.25, 0.3) is 5.91 Å². The van der Waals surface area contributed by atoms with E-state index in [0.29, 0.717) is 38.9 Å². The molecule has 11 nitrogen and oxygen atoms in total. The Bertz CT molecular complexity index is 1270. The first-order chi connectivity index (χ1) is 21.0. The largest absolute Gasteiger partial charge is 0.346 e. The van der Waals surface area contributed by atoms with Gasteiger partial charge in [-0.2, -0.15) is 0 Å². The number of fused-ring (bicyclic) bond motifs is 2. The van der Waals surface area contributed by atoms with Crippen LogP contribution < -0.4 is 26.6 Å². The number of hydrogen-bond acceptors (Lipinski definition) is 6. The van der Waals surface area contributed by atoms with Crippen molar-refractivity contribution in [1.29, 1.82) is 0 Å². The maximum atomic E-state index is 14.4. The Morgan fingerprint density at radius 3 is 2.30 bits per heavy atom. The summed E-state index contributed by atoms with van der Waals surface area (Å²) in [6.07, 6.45) is 4.96. The maximum absolute atomic E-state index is 14.4. The number of nitrogens with one attached hydrogen (secondary N) is 5. The number of carbonyl (C=O) groups excluding carboxylic acids is 5. The van der Waals surface area contributed by atoms with Gasteiger partial charge >= 0.3 is 6.03 Å². The summed E-state index contributed by atoms with van der Waals surface area (Å²) < 4.78 is 0. The molecule has 0 spiro atoms. The van der Waals surface area contributed by atoms with E-state index in [-0.39, 0.29) is 42.0 Å². The van der Waals surface area contributed by atoms with Crippen molar-refractivity contribution in [3.8, 4) is 0 Å². The van der Waals surface area contributed by atoms with Crippen LogP contribution in [-0.2, 0) is 32.0 Å². The molecule has 3 aliphatic rings. The lowest BCUT2D eigenvalue weighted by Crippen LogP contribution is -2.60. The third-order valence-corrected chi connectivity index (χ3v) is 9.45. The minimum atomic E-state index is -1.07. The summed E-state index contributed by atoms with van der Waals surface area (Å²) in [6, 6.07) is 4.81. The highest BCUT2D eigenvalue weighted by Gasteiger charge is 2.69. The molecule has 0 radical (unpaired) electrons. The minimum absolute atomic E-state index is 0.103. The van der Waals surface area contributed by atoms with Crippen LogP contribution in [0, 0.1) is 23.2 Å². The highest BCUT2D eigenvalue weighted by Crippen LogP contribution is 2.65. The van der Waals surface area contributed by atoms with E-state index in [0.717, 1.165) is 11.1 Å². The fourth-order valence-electron chi connectivity index (χ4n) is 6.92. The monoisotopic (exact) mass is 606 g/mol. The molecule has 4 rings (SSSR count). The smallest absolute Gasteiger partial charge is 0.315 e. The summed E-state index contributed by atoms with van der Waals surface area (Å²) in [5.74, 6) is -2.54. The molecule has 44 heavy (non-hydrogen) atoms. The molecule has 1 aromatic carbocycles. The number of amides is 5. The van der Waals surface area contributed by atoms with Gasteiger partial charge in [-0.05, 0) is 67.0 Å². The number of likely N-dealkylation sites (N-methyl/N-ethyl adjacent to an activating group) is 1. The molecule has 238 valence electrons. The zero-order chi connectivity index (χ0) is 32.0. The molecule has 5 amide bonds. The topological polar surface area (TPSA) is 149 Å². The number of carbonyl (C=O) groups is 5. The number of nitrogens with zero attached hydrogens (tertiary/aromatic N) is 1. The van der Waals surface area contributed by atoms with E-state index in [9.17, 15) is 24.0 Å². The van der Waals surface area contributed by atoms with E-state index in [1.54, 1.807) is 18.0 Å². The summed E-state index contributed by atoms with van der Waals surface area (Å²) in [5.41, 5.74) is 2.12. The van der Waals surface area contributed by atoms with Crippen LogP contribution in [0.15, 0.2) is 49.6 Å². The summed E-state index contributed by atoms with van der Waals surface area (Å²) in [6.45, 7) is 12.9. The van der Waals surface area contributed by atoms with Gasteiger partial charge in [-0.15, -0.1) is 13.2 Å². The molecule has 1 aliphatic heterocycles. The van der Waals surface area contributed by atoms with Gasteiger partial charge < -0.3 is 31.5 Å². The van der Waals surface area contributed by atoms with Crippen LogP contribution in [-0.4, -0.2) is 85.8 Å². The van der Waals surface area contributed by atoms with Gasteiger partial charge in [0, 0.05) is 26.2 Å². The number of ketones is 1. The van der Waals surface area contributed by atoms with Gasteiger partial charge in [-0.3, -0.25) is 19.2 Å². The van der Waals surface area contributed by atoms with Crippen LogP contribution in [0.3, 0.4) is 0 Å². The Morgan fingerprint density at radius 2 is 1.68 bits per heavy atom. The van der Waals surface area contributed by atoms with Crippen molar-refractivity contribution in [3.05, 3.63) is 60.7 Å². The Balaban J connectivity index is 1.57. The predicted octanol–water partition coefficient (Wildman–Crippen LogP) is 1.09. The molecule has 3 unspecified atom stereocenters. The Labute approximate surface area is 259 Å². The van der Waals surface area contributed by atoms with E-state index in [4.69, 9.17) is 0 Å². The normalized spacial score (nSPS) is 22.5. The standard InChI is InChI=1S/C33H46N6O5/c1-6-8-13-24(28(40)30(42)35-14-7-2)37-29(41)27-25-23(33(25,3)4)19-39(27)31(43)26(38-32(44)36-16-15-34-5)22-17-20-11-9-10-12-21(20)18-22/h6-7,9-12,22-27,34H,1-2,8,13-19H2,3-5H3,(H,35,42)(H,37,41)(H2,36,38,44)/t23?,24?,25?,26-,27-/m0/s1. The van der Waals surface area contributed by atoms with Crippen molar-refractivity contribution in [2.45, 2.75) is 57.7 Å². The summed E-state index contributed by atoms with van der Waals surface area (Å²) in [5, 5.41) is 14.0. The van der Waals surface area contributed by atoms with Gasteiger partial charge in [0.05, 0.1) is 6.04 Å². The number of hydrogen-bond donors (Lipinski definition) is 5. The van der Waals surface area contributed by atoms with Crippen molar-refractivity contribution >= 4 is 29.5 Å². The highest BCUT2D eigenvalue weighted by atomic mass is 16.2. The van der Waals surface area contributed by atoms with E-state index in [1.165, 1.54) is 6.08 Å². The number of rotatable bonds is 15. The predicted molar refractivity (Wildman–Crippen MR) is 167 cm³/mol. The second kappa shape index (κ2) is 14.2. The SMILES string of the molecule is C=CCCC(NC(=O)[C@@H]1C2C(CN1C(=O)[C@@H](NC(=O)NCCNC)C1Cc3ccccc3C1)C2(C)C)C(=O)C(=O)NCC=C. The van der Waals surface area contributed by atoms with E-state index in [1.807, 2.05) is 24.3 Å². The quantitative estimate of drug-likeness (QED) is 0.115. The van der Waals surface area contributed by atoms with Crippen molar-refractivity contribution in [2.24, 2.45) is 23.2 Å². The summed E-state index contributed by atoms with van der Waals surface area (Å²) in [7, 11) is 1.79. The highest BCUT2D eigenvalue weighted by molar-refractivity contribution is 6.38. The lowest BCUT2D eigenvalue weighted by molar-refractivity contribution is -0.144. The van der Waals surface area contributed by atoms with Crippen LogP contribution >= 0.6 is 0 Å². The maximum Gasteiger partial charge on any atom is 0.315 e. The average molecular weight is 607 g/mol. The molecule has 1 saturated carbocycles. The van der Waals surface area contributed by atoms with Gasteiger partial charge in [-0.25, -0.2) is 4.79 Å². The van der Waals surface area contributed by atoms with Gasteiger partial charge in [0.2, 0.25) is 17.6 Å². The second-order valence-electron chi connectivity index (χ2n) is 12.6. The lowest BCUT2D eigenvalue weighted by atomic mass is 9.93. The zero-order valence-corrected chi connectivity index (χ0v) is 26.0.